The average Bonchev–Trinajstić information content (AvgIpc) is 2.87. The van der Waals surface area contributed by atoms with Crippen LogP contribution in [0.2, 0.25) is 0 Å². The van der Waals surface area contributed by atoms with E-state index in [-0.39, 0.29) is 17.0 Å². The highest BCUT2D eigenvalue weighted by molar-refractivity contribution is 7.89. The Balaban J connectivity index is 1.81. The van der Waals surface area contributed by atoms with Crippen LogP contribution < -0.4 is 24.2 Å². The van der Waals surface area contributed by atoms with Gasteiger partial charge in [0, 0.05) is 12.1 Å². The quantitative estimate of drug-likeness (QED) is 0.438. The smallest absolute Gasteiger partial charge is 0.252 e. The Kier molecular flexibility index (Phi) is 8.37. The van der Waals surface area contributed by atoms with Crippen molar-refractivity contribution in [3.05, 3.63) is 82.9 Å². The fourth-order valence-electron chi connectivity index (χ4n) is 3.58. The summed E-state index contributed by atoms with van der Waals surface area (Å²) in [5.74, 6) is 0.992. The Morgan fingerprint density at radius 2 is 1.54 bits per heavy atom. The summed E-state index contributed by atoms with van der Waals surface area (Å²) in [6.07, 6.45) is 0. The lowest BCUT2D eigenvalue weighted by Crippen LogP contribution is -2.28. The number of nitrogens with one attached hydrogen (secondary N) is 2. The molecule has 0 saturated carbocycles. The van der Waals surface area contributed by atoms with Crippen molar-refractivity contribution in [1.29, 1.82) is 0 Å². The van der Waals surface area contributed by atoms with Crippen molar-refractivity contribution in [2.75, 3.05) is 21.3 Å². The van der Waals surface area contributed by atoms with Gasteiger partial charge in [-0.3, -0.25) is 4.79 Å². The summed E-state index contributed by atoms with van der Waals surface area (Å²) in [6.45, 7) is 3.72. The second kappa shape index (κ2) is 11.2. The lowest BCUT2D eigenvalue weighted by atomic mass is 10.0. The minimum Gasteiger partial charge on any atom is -0.493 e. The number of methoxy groups -OCH3 is 3. The molecule has 3 rings (SSSR count). The maximum Gasteiger partial charge on any atom is 0.252 e. The minimum absolute atomic E-state index is 0.0182. The summed E-state index contributed by atoms with van der Waals surface area (Å²) in [5.41, 5.74) is 2.49. The lowest BCUT2D eigenvalue weighted by Gasteiger charge is -2.19. The number of sulfonamides is 1. The standard InChI is InChI=1S/C26H30N2O6S/c1-17-11-12-21(35(30,31)27-16-19-9-7-6-8-10-19)15-22(17)26(29)28-18(2)20-13-23(32-3)25(34-5)24(14-20)33-4/h6-15,18,27H,16H2,1-5H3,(H,28,29). The van der Waals surface area contributed by atoms with E-state index in [9.17, 15) is 13.2 Å². The van der Waals surface area contributed by atoms with E-state index in [1.807, 2.05) is 37.3 Å². The fourth-order valence-corrected chi connectivity index (χ4v) is 4.62. The summed E-state index contributed by atoms with van der Waals surface area (Å²) < 4.78 is 44.4. The molecule has 0 bridgehead atoms. The van der Waals surface area contributed by atoms with Gasteiger partial charge in [-0.1, -0.05) is 36.4 Å². The lowest BCUT2D eigenvalue weighted by molar-refractivity contribution is 0.0939. The summed E-state index contributed by atoms with van der Waals surface area (Å²) in [4.78, 5) is 13.1. The topological polar surface area (TPSA) is 103 Å². The van der Waals surface area contributed by atoms with Gasteiger partial charge in [-0.15, -0.1) is 0 Å². The van der Waals surface area contributed by atoms with Crippen LogP contribution in [-0.4, -0.2) is 35.7 Å². The van der Waals surface area contributed by atoms with Crippen molar-refractivity contribution in [3.8, 4) is 17.2 Å². The van der Waals surface area contributed by atoms with Gasteiger partial charge in [0.1, 0.15) is 0 Å². The molecule has 1 atom stereocenters. The van der Waals surface area contributed by atoms with Gasteiger partial charge < -0.3 is 19.5 Å². The maximum absolute atomic E-state index is 13.1. The van der Waals surface area contributed by atoms with Crippen LogP contribution in [0.25, 0.3) is 0 Å². The van der Waals surface area contributed by atoms with E-state index in [2.05, 4.69) is 10.0 Å². The molecule has 1 unspecified atom stereocenters. The third-order valence-electron chi connectivity index (χ3n) is 5.61. The predicted molar refractivity (Wildman–Crippen MR) is 134 cm³/mol. The molecule has 35 heavy (non-hydrogen) atoms. The second-order valence-corrected chi connectivity index (χ2v) is 9.71. The first kappa shape index (κ1) is 26.1. The SMILES string of the molecule is COc1cc(C(C)NC(=O)c2cc(S(=O)(=O)NCc3ccccc3)ccc2C)cc(OC)c1OC. The van der Waals surface area contributed by atoms with Gasteiger partial charge in [0.2, 0.25) is 15.8 Å². The molecule has 3 aromatic carbocycles. The normalized spacial score (nSPS) is 12.0. The van der Waals surface area contributed by atoms with Crippen molar-refractivity contribution in [2.24, 2.45) is 0 Å². The third kappa shape index (κ3) is 6.12. The molecule has 3 aromatic rings. The predicted octanol–water partition coefficient (Wildman–Crippen LogP) is 3.99. The van der Waals surface area contributed by atoms with Crippen LogP contribution >= 0.6 is 0 Å². The number of aryl methyl sites for hydroxylation is 1. The molecule has 0 aliphatic rings. The number of hydrogen-bond donors (Lipinski definition) is 2. The number of carbonyl (C=O) groups is 1. The molecule has 9 heteroatoms. The monoisotopic (exact) mass is 498 g/mol. The molecule has 186 valence electrons. The minimum atomic E-state index is -3.81. The molecular weight excluding hydrogens is 468 g/mol. The number of carbonyl (C=O) groups excluding carboxylic acids is 1. The summed E-state index contributed by atoms with van der Waals surface area (Å²) >= 11 is 0. The number of amides is 1. The van der Waals surface area contributed by atoms with E-state index < -0.39 is 22.0 Å². The number of rotatable bonds is 10. The fraction of sp³-hybridized carbons (Fsp3) is 0.269. The van der Waals surface area contributed by atoms with E-state index >= 15 is 0 Å². The van der Waals surface area contributed by atoms with E-state index in [1.54, 1.807) is 25.1 Å². The van der Waals surface area contributed by atoms with Gasteiger partial charge in [0.05, 0.1) is 32.3 Å². The molecule has 0 spiro atoms. The van der Waals surface area contributed by atoms with Crippen LogP contribution in [0.3, 0.4) is 0 Å². The average molecular weight is 499 g/mol. The third-order valence-corrected chi connectivity index (χ3v) is 7.01. The summed E-state index contributed by atoms with van der Waals surface area (Å²) in [6, 6.07) is 16.8. The highest BCUT2D eigenvalue weighted by Gasteiger charge is 2.21. The van der Waals surface area contributed by atoms with Gasteiger partial charge >= 0.3 is 0 Å². The van der Waals surface area contributed by atoms with Gasteiger partial charge in [-0.25, -0.2) is 13.1 Å². The molecule has 1 amide bonds. The van der Waals surface area contributed by atoms with Crippen LogP contribution in [-0.2, 0) is 16.6 Å². The van der Waals surface area contributed by atoms with E-state index in [1.165, 1.54) is 33.5 Å². The summed E-state index contributed by atoms with van der Waals surface area (Å²) in [5, 5.41) is 2.92. The number of benzene rings is 3. The molecule has 0 aliphatic carbocycles. The van der Waals surface area contributed by atoms with Crippen LogP contribution in [0.4, 0.5) is 0 Å². The first-order valence-corrected chi connectivity index (χ1v) is 12.4. The molecule has 0 aromatic heterocycles. The van der Waals surface area contributed by atoms with Crippen LogP contribution in [0.15, 0.2) is 65.6 Å². The maximum atomic E-state index is 13.1. The second-order valence-electron chi connectivity index (χ2n) is 7.94. The first-order valence-electron chi connectivity index (χ1n) is 10.9. The van der Waals surface area contributed by atoms with Crippen LogP contribution in [0, 0.1) is 6.92 Å². The van der Waals surface area contributed by atoms with Crippen molar-refractivity contribution in [2.45, 2.75) is 31.3 Å². The summed E-state index contributed by atoms with van der Waals surface area (Å²) in [7, 11) is 0.742. The largest absolute Gasteiger partial charge is 0.493 e. The Hall–Kier alpha value is -3.56. The Morgan fingerprint density at radius 1 is 0.914 bits per heavy atom. The van der Waals surface area contributed by atoms with Crippen LogP contribution in [0.5, 0.6) is 17.2 Å². The van der Waals surface area contributed by atoms with Crippen molar-refractivity contribution >= 4 is 15.9 Å². The van der Waals surface area contributed by atoms with Crippen molar-refractivity contribution < 1.29 is 27.4 Å². The Bertz CT molecular complexity index is 1270. The van der Waals surface area contributed by atoms with Crippen LogP contribution in [0.1, 0.15) is 40.0 Å². The zero-order valence-electron chi connectivity index (χ0n) is 20.4. The molecule has 0 fully saturated rings. The molecule has 0 saturated heterocycles. The molecule has 0 radical (unpaired) electrons. The molecule has 8 nitrogen and oxygen atoms in total. The van der Waals surface area contributed by atoms with E-state index in [0.29, 0.717) is 22.8 Å². The van der Waals surface area contributed by atoms with E-state index in [0.717, 1.165) is 11.1 Å². The Morgan fingerprint density at radius 3 is 2.11 bits per heavy atom. The molecular formula is C26H30N2O6S. The van der Waals surface area contributed by atoms with Gasteiger partial charge in [0.15, 0.2) is 11.5 Å². The zero-order valence-corrected chi connectivity index (χ0v) is 21.2. The number of ether oxygens (including phenoxy) is 3. The molecule has 0 aliphatic heterocycles. The van der Waals surface area contributed by atoms with Gasteiger partial charge in [-0.2, -0.15) is 0 Å². The van der Waals surface area contributed by atoms with E-state index in [4.69, 9.17) is 14.2 Å². The number of hydrogen-bond acceptors (Lipinski definition) is 6. The zero-order chi connectivity index (χ0) is 25.6. The van der Waals surface area contributed by atoms with Gasteiger partial charge in [0.25, 0.3) is 5.91 Å². The van der Waals surface area contributed by atoms with Gasteiger partial charge in [-0.05, 0) is 54.8 Å². The first-order chi connectivity index (χ1) is 16.7. The highest BCUT2D eigenvalue weighted by atomic mass is 32.2. The van der Waals surface area contributed by atoms with Crippen molar-refractivity contribution in [1.82, 2.24) is 10.0 Å². The molecule has 2 N–H and O–H groups in total. The molecule has 0 heterocycles. The Labute approximate surface area is 206 Å². The highest BCUT2D eigenvalue weighted by Crippen LogP contribution is 2.39. The van der Waals surface area contributed by atoms with Crippen molar-refractivity contribution in [3.63, 3.8) is 0 Å².